The summed E-state index contributed by atoms with van der Waals surface area (Å²) in [7, 11) is 1.28. The van der Waals surface area contributed by atoms with Crippen molar-refractivity contribution in [1.29, 1.82) is 0 Å². The standard InChI is InChI=1S/C12H12ClF3N2O3/c1-21-5-9(10(17)19)18-11(20)6-2-7(12(14,15)16)4-8(13)3-6/h2-4,9H,5H2,1H3,(H2,17,19)(H,18,20). The molecular weight excluding hydrogens is 313 g/mol. The molecule has 2 amide bonds. The Bertz CT molecular complexity index is 549. The molecular formula is C12H12ClF3N2O3. The van der Waals surface area contributed by atoms with E-state index in [4.69, 9.17) is 17.3 Å². The molecule has 1 rings (SSSR count). The Kier molecular flexibility index (Phi) is 5.56. The molecule has 0 fully saturated rings. The average Bonchev–Trinajstić information content (AvgIpc) is 2.36. The van der Waals surface area contributed by atoms with Gasteiger partial charge >= 0.3 is 6.18 Å². The number of hydrogen-bond donors (Lipinski definition) is 2. The zero-order valence-electron chi connectivity index (χ0n) is 10.8. The molecule has 3 N–H and O–H groups in total. The van der Waals surface area contributed by atoms with Crippen LogP contribution in [-0.4, -0.2) is 31.6 Å². The minimum atomic E-state index is -4.64. The number of carbonyl (C=O) groups is 2. The van der Waals surface area contributed by atoms with Crippen molar-refractivity contribution in [1.82, 2.24) is 5.32 Å². The summed E-state index contributed by atoms with van der Waals surface area (Å²) in [5.41, 5.74) is 3.64. The smallest absolute Gasteiger partial charge is 0.382 e. The van der Waals surface area contributed by atoms with Crippen molar-refractivity contribution >= 4 is 23.4 Å². The second-order valence-corrected chi connectivity index (χ2v) is 4.55. The number of nitrogens with one attached hydrogen (secondary N) is 1. The van der Waals surface area contributed by atoms with Gasteiger partial charge < -0.3 is 15.8 Å². The van der Waals surface area contributed by atoms with E-state index in [2.05, 4.69) is 10.1 Å². The van der Waals surface area contributed by atoms with Crippen LogP contribution in [-0.2, 0) is 15.7 Å². The normalized spacial score (nSPS) is 12.8. The number of nitrogens with two attached hydrogens (primary N) is 1. The number of halogens is 4. The topological polar surface area (TPSA) is 81.4 Å². The molecule has 1 aromatic rings. The lowest BCUT2D eigenvalue weighted by Crippen LogP contribution is -2.47. The number of benzene rings is 1. The van der Waals surface area contributed by atoms with Crippen molar-refractivity contribution in [2.75, 3.05) is 13.7 Å². The highest BCUT2D eigenvalue weighted by Crippen LogP contribution is 2.31. The number of hydrogen-bond acceptors (Lipinski definition) is 3. The summed E-state index contributed by atoms with van der Waals surface area (Å²) >= 11 is 5.56. The third-order valence-corrected chi connectivity index (χ3v) is 2.69. The molecule has 0 aliphatic rings. The summed E-state index contributed by atoms with van der Waals surface area (Å²) in [4.78, 5) is 22.9. The summed E-state index contributed by atoms with van der Waals surface area (Å²) < 4.78 is 42.6. The van der Waals surface area contributed by atoms with E-state index in [1.54, 1.807) is 0 Å². The summed E-state index contributed by atoms with van der Waals surface area (Å²) in [6, 6.07) is 1.22. The number of primary amides is 1. The lowest BCUT2D eigenvalue weighted by molar-refractivity contribution is -0.137. The number of methoxy groups -OCH3 is 1. The van der Waals surface area contributed by atoms with Gasteiger partial charge in [0.15, 0.2) is 0 Å². The molecule has 0 aliphatic heterocycles. The third-order valence-electron chi connectivity index (χ3n) is 2.47. The maximum absolute atomic E-state index is 12.6. The van der Waals surface area contributed by atoms with Crippen molar-refractivity contribution in [3.05, 3.63) is 34.3 Å². The molecule has 0 heterocycles. The molecule has 0 bridgehead atoms. The Labute approximate surface area is 123 Å². The van der Waals surface area contributed by atoms with E-state index in [0.717, 1.165) is 6.07 Å². The van der Waals surface area contributed by atoms with Crippen LogP contribution in [0.1, 0.15) is 15.9 Å². The minimum absolute atomic E-state index is 0.201. The van der Waals surface area contributed by atoms with E-state index in [1.807, 2.05) is 0 Å². The van der Waals surface area contributed by atoms with E-state index in [9.17, 15) is 22.8 Å². The number of alkyl halides is 3. The fraction of sp³-hybridized carbons (Fsp3) is 0.333. The first kappa shape index (κ1) is 17.3. The van der Waals surface area contributed by atoms with Crippen molar-refractivity contribution in [2.45, 2.75) is 12.2 Å². The molecule has 9 heteroatoms. The van der Waals surface area contributed by atoms with Gasteiger partial charge in [-0.2, -0.15) is 13.2 Å². The number of amides is 2. The predicted octanol–water partition coefficient (Wildman–Crippen LogP) is 1.59. The third kappa shape index (κ3) is 4.91. The van der Waals surface area contributed by atoms with Gasteiger partial charge in [0, 0.05) is 17.7 Å². The van der Waals surface area contributed by atoms with Gasteiger partial charge in [-0.1, -0.05) is 11.6 Å². The molecule has 5 nitrogen and oxygen atoms in total. The molecule has 1 aromatic carbocycles. The van der Waals surface area contributed by atoms with Crippen LogP contribution < -0.4 is 11.1 Å². The quantitative estimate of drug-likeness (QED) is 0.863. The molecule has 0 aromatic heterocycles. The largest absolute Gasteiger partial charge is 0.416 e. The van der Waals surface area contributed by atoms with E-state index in [0.29, 0.717) is 12.1 Å². The first-order valence-electron chi connectivity index (χ1n) is 5.62. The number of rotatable bonds is 5. The molecule has 0 saturated heterocycles. The van der Waals surface area contributed by atoms with Gasteiger partial charge in [0.05, 0.1) is 12.2 Å². The lowest BCUT2D eigenvalue weighted by atomic mass is 10.1. The van der Waals surface area contributed by atoms with Gasteiger partial charge in [-0.3, -0.25) is 9.59 Å². The Morgan fingerprint density at radius 3 is 2.48 bits per heavy atom. The van der Waals surface area contributed by atoms with Gasteiger partial charge in [-0.05, 0) is 18.2 Å². The predicted molar refractivity (Wildman–Crippen MR) is 68.8 cm³/mol. The first-order chi connectivity index (χ1) is 9.65. The molecule has 116 valence electrons. The van der Waals surface area contributed by atoms with Crippen molar-refractivity contribution in [2.24, 2.45) is 5.73 Å². The second-order valence-electron chi connectivity index (χ2n) is 4.11. The van der Waals surface area contributed by atoms with E-state index in [-0.39, 0.29) is 17.2 Å². The highest BCUT2D eigenvalue weighted by Gasteiger charge is 2.32. The van der Waals surface area contributed by atoms with Crippen molar-refractivity contribution < 1.29 is 27.5 Å². The van der Waals surface area contributed by atoms with Crippen LogP contribution in [0.5, 0.6) is 0 Å². The van der Waals surface area contributed by atoms with E-state index in [1.165, 1.54) is 7.11 Å². The zero-order chi connectivity index (χ0) is 16.2. The number of carbonyl (C=O) groups excluding carboxylic acids is 2. The molecule has 21 heavy (non-hydrogen) atoms. The zero-order valence-corrected chi connectivity index (χ0v) is 11.6. The maximum atomic E-state index is 12.6. The Morgan fingerprint density at radius 2 is 2.00 bits per heavy atom. The van der Waals surface area contributed by atoms with E-state index >= 15 is 0 Å². The molecule has 0 radical (unpaired) electrons. The minimum Gasteiger partial charge on any atom is -0.382 e. The summed E-state index contributed by atoms with van der Waals surface area (Å²) in [6.45, 7) is -0.201. The summed E-state index contributed by atoms with van der Waals surface area (Å²) in [5, 5.41) is 1.92. The SMILES string of the molecule is COCC(NC(=O)c1cc(Cl)cc(C(F)(F)F)c1)C(N)=O. The molecule has 0 saturated carbocycles. The van der Waals surface area contributed by atoms with Crippen LogP contribution >= 0.6 is 11.6 Å². The van der Waals surface area contributed by atoms with Crippen LogP contribution in [0.15, 0.2) is 18.2 Å². The van der Waals surface area contributed by atoms with Crippen molar-refractivity contribution in [3.63, 3.8) is 0 Å². The van der Waals surface area contributed by atoms with Crippen LogP contribution in [0, 0.1) is 0 Å². The Hall–Kier alpha value is -1.80. The van der Waals surface area contributed by atoms with Crippen LogP contribution in [0.2, 0.25) is 5.02 Å². The second kappa shape index (κ2) is 6.77. The monoisotopic (exact) mass is 324 g/mol. The first-order valence-corrected chi connectivity index (χ1v) is 6.00. The lowest BCUT2D eigenvalue weighted by Gasteiger charge is -2.15. The van der Waals surface area contributed by atoms with Gasteiger partial charge in [0.2, 0.25) is 5.91 Å². The summed E-state index contributed by atoms with van der Waals surface area (Å²) in [5.74, 6) is -1.79. The highest BCUT2D eigenvalue weighted by molar-refractivity contribution is 6.31. The van der Waals surface area contributed by atoms with Gasteiger partial charge in [-0.15, -0.1) is 0 Å². The van der Waals surface area contributed by atoms with Gasteiger partial charge in [-0.25, -0.2) is 0 Å². The molecule has 0 aliphatic carbocycles. The summed E-state index contributed by atoms with van der Waals surface area (Å²) in [6.07, 6.45) is -4.64. The van der Waals surface area contributed by atoms with Crippen LogP contribution in [0.3, 0.4) is 0 Å². The number of ether oxygens (including phenoxy) is 1. The van der Waals surface area contributed by atoms with E-state index < -0.39 is 29.6 Å². The Balaban J connectivity index is 3.02. The molecule has 1 atom stereocenters. The maximum Gasteiger partial charge on any atom is 0.416 e. The van der Waals surface area contributed by atoms with Crippen LogP contribution in [0.25, 0.3) is 0 Å². The fourth-order valence-corrected chi connectivity index (χ4v) is 1.72. The molecule has 0 spiro atoms. The van der Waals surface area contributed by atoms with Crippen molar-refractivity contribution in [3.8, 4) is 0 Å². The highest BCUT2D eigenvalue weighted by atomic mass is 35.5. The average molecular weight is 325 g/mol. The van der Waals surface area contributed by atoms with Gasteiger partial charge in [0.25, 0.3) is 5.91 Å². The molecule has 1 unspecified atom stereocenters. The fourth-order valence-electron chi connectivity index (χ4n) is 1.49. The van der Waals surface area contributed by atoms with Gasteiger partial charge in [0.1, 0.15) is 6.04 Å². The van der Waals surface area contributed by atoms with Crippen LogP contribution in [0.4, 0.5) is 13.2 Å². The Morgan fingerprint density at radius 1 is 1.38 bits per heavy atom.